The van der Waals surface area contributed by atoms with Gasteiger partial charge in [-0.05, 0) is 64.3 Å². The number of nitrogens with two attached hydrogens (primary N) is 1. The molecular weight excluding hydrogens is 485 g/mol. The lowest BCUT2D eigenvalue weighted by Gasteiger charge is -2.30. The summed E-state index contributed by atoms with van der Waals surface area (Å²) in [6.07, 6.45) is 5.54. The molecule has 3 aromatic heterocycles. The minimum Gasteiger partial charge on any atom is -0.383 e. The number of halogens is 1. The van der Waals surface area contributed by atoms with Gasteiger partial charge in [0.15, 0.2) is 11.4 Å². The molecule has 38 heavy (non-hydrogen) atoms. The van der Waals surface area contributed by atoms with Crippen LogP contribution in [0.25, 0.3) is 27.7 Å². The maximum atomic E-state index is 13.9. The van der Waals surface area contributed by atoms with Gasteiger partial charge in [0, 0.05) is 40.7 Å². The molecule has 1 aromatic carbocycles. The van der Waals surface area contributed by atoms with Crippen LogP contribution in [0, 0.1) is 11.2 Å². The van der Waals surface area contributed by atoms with Crippen LogP contribution in [-0.4, -0.2) is 54.0 Å². The van der Waals surface area contributed by atoms with Crippen LogP contribution in [0.3, 0.4) is 0 Å². The number of nitrogen functional groups attached to an aromatic ring is 1. The first kappa shape index (κ1) is 25.4. The van der Waals surface area contributed by atoms with Crippen LogP contribution in [0.4, 0.5) is 10.2 Å². The maximum Gasteiger partial charge on any atom is 0.267 e. The zero-order chi connectivity index (χ0) is 27.3. The second-order valence-corrected chi connectivity index (χ2v) is 10.2. The second-order valence-electron chi connectivity index (χ2n) is 10.2. The van der Waals surface area contributed by atoms with Crippen molar-refractivity contribution in [1.29, 1.82) is 5.41 Å². The number of carbonyl (C=O) groups excluding carboxylic acids is 2. The van der Waals surface area contributed by atoms with Gasteiger partial charge in [-0.15, -0.1) is 0 Å². The van der Waals surface area contributed by atoms with Gasteiger partial charge in [-0.2, -0.15) is 9.61 Å². The number of Topliss-reactive ketones (excluding diaryl/α,β-unsaturated/α-hetero) is 1. The molecule has 1 aliphatic rings. The number of nitrogens with one attached hydrogen (secondary N) is 1. The number of pyridine rings is 1. The average Bonchev–Trinajstić information content (AvgIpc) is 3.46. The predicted molar refractivity (Wildman–Crippen MR) is 144 cm³/mol. The fraction of sp³-hybridized carbons (Fsp3) is 0.357. The predicted octanol–water partition coefficient (Wildman–Crippen LogP) is 4.78. The summed E-state index contributed by atoms with van der Waals surface area (Å²) in [5.41, 5.74) is 9.84. The van der Waals surface area contributed by atoms with E-state index in [-0.39, 0.29) is 47.0 Å². The molecule has 1 aliphatic heterocycles. The van der Waals surface area contributed by atoms with E-state index >= 15 is 0 Å². The fourth-order valence-electron chi connectivity index (χ4n) is 5.59. The van der Waals surface area contributed by atoms with Crippen LogP contribution >= 0.6 is 0 Å². The molecule has 196 valence electrons. The number of benzene rings is 1. The summed E-state index contributed by atoms with van der Waals surface area (Å²) in [5.74, 6) is -0.849. The molecule has 3 unspecified atom stereocenters. The van der Waals surface area contributed by atoms with Crippen LogP contribution in [0.5, 0.6) is 0 Å². The Labute approximate surface area is 219 Å². The lowest BCUT2D eigenvalue weighted by atomic mass is 9.92. The molecule has 9 nitrogen and oxygen atoms in total. The fourth-order valence-corrected chi connectivity index (χ4v) is 5.59. The lowest BCUT2D eigenvalue weighted by Crippen LogP contribution is -2.43. The van der Waals surface area contributed by atoms with E-state index in [1.807, 2.05) is 19.9 Å². The first-order valence-electron chi connectivity index (χ1n) is 12.7. The number of amides is 1. The van der Waals surface area contributed by atoms with Crippen molar-refractivity contribution in [3.63, 3.8) is 0 Å². The van der Waals surface area contributed by atoms with Crippen molar-refractivity contribution >= 4 is 39.8 Å². The number of hydrogen-bond acceptors (Lipinski definition) is 7. The molecule has 3 N–H and O–H groups in total. The Hall–Kier alpha value is -4.21. The molecule has 3 atom stereocenters. The number of ketones is 1. The molecule has 5 rings (SSSR count). The van der Waals surface area contributed by atoms with Crippen LogP contribution in [0.1, 0.15) is 68.9 Å². The van der Waals surface area contributed by atoms with Gasteiger partial charge in [-0.3, -0.25) is 20.0 Å². The highest BCUT2D eigenvalue weighted by Gasteiger charge is 2.36. The van der Waals surface area contributed by atoms with Crippen molar-refractivity contribution in [3.05, 3.63) is 53.7 Å². The highest BCUT2D eigenvalue weighted by molar-refractivity contribution is 6.36. The highest BCUT2D eigenvalue weighted by atomic mass is 19.1. The molecule has 4 aromatic rings. The van der Waals surface area contributed by atoms with Gasteiger partial charge in [0.05, 0.1) is 28.7 Å². The van der Waals surface area contributed by atoms with Gasteiger partial charge in [0.25, 0.3) is 5.91 Å². The Kier molecular flexibility index (Phi) is 6.42. The van der Waals surface area contributed by atoms with Gasteiger partial charge < -0.3 is 10.6 Å². The third kappa shape index (κ3) is 4.29. The van der Waals surface area contributed by atoms with Crippen LogP contribution in [0.15, 0.2) is 36.7 Å². The molecule has 0 aliphatic carbocycles. The van der Waals surface area contributed by atoms with Gasteiger partial charge in [-0.1, -0.05) is 6.92 Å². The summed E-state index contributed by atoms with van der Waals surface area (Å²) in [5, 5.41) is 12.9. The summed E-state index contributed by atoms with van der Waals surface area (Å²) in [7, 11) is 0. The monoisotopic (exact) mass is 515 g/mol. The van der Waals surface area contributed by atoms with E-state index in [9.17, 15) is 14.0 Å². The number of nitrogens with zero attached hydrogens (tertiary/aromatic N) is 5. The van der Waals surface area contributed by atoms with E-state index in [2.05, 4.69) is 10.1 Å². The number of hydrogen-bond donors (Lipinski definition) is 2. The normalized spacial score (nSPS) is 18.3. The number of rotatable bonds is 6. The summed E-state index contributed by atoms with van der Waals surface area (Å²) in [6.45, 7) is 6.93. The van der Waals surface area contributed by atoms with Crippen LogP contribution in [0.2, 0.25) is 0 Å². The molecule has 1 amide bonds. The molecule has 0 radical (unpaired) electrons. The zero-order valence-corrected chi connectivity index (χ0v) is 21.8. The number of carbonyl (C=O) groups is 2. The summed E-state index contributed by atoms with van der Waals surface area (Å²) in [6, 6.07) is 6.21. The molecule has 10 heteroatoms. The minimum absolute atomic E-state index is 0.0115. The van der Waals surface area contributed by atoms with Crippen LogP contribution in [-0.2, 0) is 4.79 Å². The zero-order valence-electron chi connectivity index (χ0n) is 21.8. The topological polar surface area (TPSA) is 130 Å². The third-order valence-corrected chi connectivity index (χ3v) is 7.45. The smallest absolute Gasteiger partial charge is 0.267 e. The first-order valence-corrected chi connectivity index (χ1v) is 12.7. The van der Waals surface area contributed by atoms with Crippen molar-refractivity contribution in [2.45, 2.75) is 65.0 Å². The summed E-state index contributed by atoms with van der Waals surface area (Å²) < 4.78 is 15.3. The SMILES string of the molecule is CC(=N)C(=O)N1C(C)CCC1CC(C)c1nc2c(-c3cnc4ccc(F)cc4c3)cnn2c(N)c1C(C)=O. The molecule has 1 saturated heterocycles. The number of aromatic nitrogens is 4. The van der Waals surface area contributed by atoms with Gasteiger partial charge in [-0.25, -0.2) is 9.37 Å². The molecule has 0 bridgehead atoms. The minimum atomic E-state index is -0.354. The number of likely N-dealkylation sites (tertiary alicyclic amines) is 1. The Morgan fingerprint density at radius 3 is 2.68 bits per heavy atom. The van der Waals surface area contributed by atoms with Crippen molar-refractivity contribution in [2.75, 3.05) is 5.73 Å². The molecule has 1 fully saturated rings. The van der Waals surface area contributed by atoms with Crippen molar-refractivity contribution in [2.24, 2.45) is 0 Å². The Balaban J connectivity index is 1.59. The molecular formula is C28H30FN7O2. The summed E-state index contributed by atoms with van der Waals surface area (Å²) in [4.78, 5) is 36.6. The van der Waals surface area contributed by atoms with E-state index in [1.165, 1.54) is 30.5 Å². The molecule has 0 saturated carbocycles. The Morgan fingerprint density at radius 1 is 1.21 bits per heavy atom. The second kappa shape index (κ2) is 9.59. The molecule has 0 spiro atoms. The average molecular weight is 516 g/mol. The summed E-state index contributed by atoms with van der Waals surface area (Å²) >= 11 is 0. The number of anilines is 1. The van der Waals surface area contributed by atoms with Gasteiger partial charge in [0.2, 0.25) is 0 Å². The van der Waals surface area contributed by atoms with Crippen LogP contribution < -0.4 is 5.73 Å². The van der Waals surface area contributed by atoms with E-state index in [0.29, 0.717) is 45.4 Å². The Bertz CT molecular complexity index is 1610. The largest absolute Gasteiger partial charge is 0.383 e. The van der Waals surface area contributed by atoms with E-state index in [0.717, 1.165) is 12.8 Å². The maximum absolute atomic E-state index is 13.9. The third-order valence-electron chi connectivity index (χ3n) is 7.45. The van der Waals surface area contributed by atoms with E-state index in [1.54, 1.807) is 23.4 Å². The highest BCUT2D eigenvalue weighted by Crippen LogP contribution is 2.36. The van der Waals surface area contributed by atoms with E-state index in [4.69, 9.17) is 16.1 Å². The van der Waals surface area contributed by atoms with Gasteiger partial charge in [0.1, 0.15) is 11.6 Å². The van der Waals surface area contributed by atoms with Crippen molar-refractivity contribution in [3.8, 4) is 11.1 Å². The van der Waals surface area contributed by atoms with Crippen molar-refractivity contribution < 1.29 is 14.0 Å². The number of fused-ring (bicyclic) bond motifs is 2. The van der Waals surface area contributed by atoms with Crippen molar-refractivity contribution in [1.82, 2.24) is 24.5 Å². The molecule has 4 heterocycles. The quantitative estimate of drug-likeness (QED) is 0.281. The Morgan fingerprint density at radius 2 is 1.97 bits per heavy atom. The standard InChI is InChI=1S/C28H30FN7O2/c1-14(9-21-7-5-15(2)35(21)28(38)16(3)30)25-24(17(4)37)26(31)36-27(34-25)22(13-33-36)19-10-18-11-20(29)6-8-23(18)32-12-19/h6,8,10-15,21,30H,5,7,9,31H2,1-4H3. The lowest BCUT2D eigenvalue weighted by molar-refractivity contribution is -0.126. The van der Waals surface area contributed by atoms with Gasteiger partial charge >= 0.3 is 0 Å². The first-order chi connectivity index (χ1) is 18.1. The van der Waals surface area contributed by atoms with E-state index < -0.39 is 0 Å².